The molecule has 3 rings (SSSR count). The van der Waals surface area contributed by atoms with E-state index in [-0.39, 0.29) is 17.5 Å². The minimum atomic E-state index is -0.486. The van der Waals surface area contributed by atoms with Gasteiger partial charge in [0, 0.05) is 37.5 Å². The molecule has 0 aromatic heterocycles. The molecule has 48 heavy (non-hydrogen) atoms. The fourth-order valence-corrected chi connectivity index (χ4v) is 5.69. The Balaban J connectivity index is 1.57. The van der Waals surface area contributed by atoms with Crippen molar-refractivity contribution in [1.29, 1.82) is 0 Å². The van der Waals surface area contributed by atoms with Crippen molar-refractivity contribution in [2.45, 2.75) is 117 Å². The van der Waals surface area contributed by atoms with Gasteiger partial charge in [0.15, 0.2) is 5.75 Å². The Kier molecular flexibility index (Phi) is 16.8. The first-order valence-electron chi connectivity index (χ1n) is 17.9. The molecule has 0 N–H and O–H groups in total. The number of hydrogen-bond acceptors (Lipinski definition) is 7. The smallest absolute Gasteiger partial charge is 0.343 e. The van der Waals surface area contributed by atoms with Crippen LogP contribution in [0.3, 0.4) is 0 Å². The van der Waals surface area contributed by atoms with Crippen LogP contribution in [0.4, 0.5) is 11.4 Å². The standard InChI is InChI=1S/C40H56N2O6/c1-6-8-10-12-13-14-15-16-18-28-46-34-24-26-35(27-25-34)48-40(43)33-22-20-32(21-23-33)36-29-38(42(44)45)39(30-37(36)41(4)5)47-31(3)19-17-11-9-7-2/h20-27,29-31H,6-19,28H2,1-5H3/t31-/m1/s1. The zero-order chi connectivity index (χ0) is 34.7. The number of ether oxygens (including phenoxy) is 3. The second-order valence-corrected chi connectivity index (χ2v) is 12.9. The third-order valence-corrected chi connectivity index (χ3v) is 8.53. The normalized spacial score (nSPS) is 11.6. The fraction of sp³-hybridized carbons (Fsp3) is 0.525. The molecule has 1 atom stereocenters. The average Bonchev–Trinajstić information content (AvgIpc) is 3.08. The summed E-state index contributed by atoms with van der Waals surface area (Å²) in [6, 6.07) is 17.3. The minimum Gasteiger partial charge on any atom is -0.494 e. The van der Waals surface area contributed by atoms with Crippen molar-refractivity contribution in [3.63, 3.8) is 0 Å². The van der Waals surface area contributed by atoms with Crippen LogP contribution in [0.5, 0.6) is 17.2 Å². The summed E-state index contributed by atoms with van der Waals surface area (Å²) in [5.74, 6) is 0.957. The van der Waals surface area contributed by atoms with E-state index < -0.39 is 10.9 Å². The third-order valence-electron chi connectivity index (χ3n) is 8.53. The van der Waals surface area contributed by atoms with Gasteiger partial charge in [0.25, 0.3) is 0 Å². The molecule has 3 aromatic rings. The highest BCUT2D eigenvalue weighted by molar-refractivity contribution is 5.92. The molecule has 0 bridgehead atoms. The van der Waals surface area contributed by atoms with E-state index in [0.717, 1.165) is 49.1 Å². The molecule has 0 amide bonds. The molecule has 0 fully saturated rings. The molecule has 262 valence electrons. The van der Waals surface area contributed by atoms with E-state index in [2.05, 4.69) is 13.8 Å². The first-order valence-corrected chi connectivity index (χ1v) is 17.9. The predicted molar refractivity (Wildman–Crippen MR) is 196 cm³/mol. The van der Waals surface area contributed by atoms with Gasteiger partial charge in [-0.15, -0.1) is 0 Å². The van der Waals surface area contributed by atoms with E-state index in [9.17, 15) is 14.9 Å². The number of anilines is 1. The van der Waals surface area contributed by atoms with Crippen molar-refractivity contribution < 1.29 is 23.9 Å². The molecule has 0 aliphatic carbocycles. The van der Waals surface area contributed by atoms with E-state index in [1.165, 1.54) is 57.8 Å². The Morgan fingerprint density at radius 3 is 1.92 bits per heavy atom. The zero-order valence-electron chi connectivity index (χ0n) is 29.8. The quantitative estimate of drug-likeness (QED) is 0.0328. The maximum Gasteiger partial charge on any atom is 0.343 e. The lowest BCUT2D eigenvalue weighted by atomic mass is 10.00. The van der Waals surface area contributed by atoms with Crippen LogP contribution in [0.1, 0.15) is 121 Å². The molecule has 8 nitrogen and oxygen atoms in total. The average molecular weight is 661 g/mol. The predicted octanol–water partition coefficient (Wildman–Crippen LogP) is 11.2. The molecule has 0 aliphatic rings. The lowest BCUT2D eigenvalue weighted by Crippen LogP contribution is -2.15. The van der Waals surface area contributed by atoms with Crippen LogP contribution in [0, 0.1) is 10.1 Å². The third kappa shape index (κ3) is 12.9. The largest absolute Gasteiger partial charge is 0.494 e. The van der Waals surface area contributed by atoms with Gasteiger partial charge in [-0.05, 0) is 68.1 Å². The number of nitrogens with zero attached hydrogens (tertiary/aromatic N) is 2. The zero-order valence-corrected chi connectivity index (χ0v) is 29.8. The fourth-order valence-electron chi connectivity index (χ4n) is 5.69. The summed E-state index contributed by atoms with van der Waals surface area (Å²) in [5, 5.41) is 12.1. The topological polar surface area (TPSA) is 91.1 Å². The summed E-state index contributed by atoms with van der Waals surface area (Å²) >= 11 is 0. The summed E-state index contributed by atoms with van der Waals surface area (Å²) in [5.41, 5.74) is 2.49. The van der Waals surface area contributed by atoms with E-state index >= 15 is 0 Å². The molecule has 3 aromatic carbocycles. The molecule has 0 saturated heterocycles. The lowest BCUT2D eigenvalue weighted by Gasteiger charge is -2.21. The van der Waals surface area contributed by atoms with Crippen LogP contribution in [0.25, 0.3) is 11.1 Å². The first-order chi connectivity index (χ1) is 23.2. The van der Waals surface area contributed by atoms with Crippen molar-refractivity contribution in [2.75, 3.05) is 25.6 Å². The monoisotopic (exact) mass is 660 g/mol. The van der Waals surface area contributed by atoms with Crippen LogP contribution < -0.4 is 19.1 Å². The van der Waals surface area contributed by atoms with Crippen molar-refractivity contribution in [3.05, 3.63) is 76.3 Å². The van der Waals surface area contributed by atoms with Crippen LogP contribution >= 0.6 is 0 Å². The number of carbonyl (C=O) groups is 1. The molecule has 0 radical (unpaired) electrons. The highest BCUT2D eigenvalue weighted by atomic mass is 16.6. The maximum atomic E-state index is 12.9. The van der Waals surface area contributed by atoms with Gasteiger partial charge in [-0.25, -0.2) is 4.79 Å². The molecule has 0 aliphatic heterocycles. The van der Waals surface area contributed by atoms with Crippen molar-refractivity contribution in [1.82, 2.24) is 0 Å². The Labute approximate surface area is 287 Å². The Morgan fingerprint density at radius 1 is 0.771 bits per heavy atom. The van der Waals surface area contributed by atoms with Gasteiger partial charge >= 0.3 is 11.7 Å². The summed E-state index contributed by atoms with van der Waals surface area (Å²) in [6.07, 6.45) is 16.6. The van der Waals surface area contributed by atoms with Gasteiger partial charge in [0.1, 0.15) is 11.5 Å². The van der Waals surface area contributed by atoms with Gasteiger partial charge in [0.2, 0.25) is 0 Å². The number of nitro benzene ring substituents is 1. The summed E-state index contributed by atoms with van der Waals surface area (Å²) < 4.78 is 17.6. The van der Waals surface area contributed by atoms with E-state index in [4.69, 9.17) is 14.2 Å². The minimum absolute atomic E-state index is 0.0833. The van der Waals surface area contributed by atoms with Gasteiger partial charge in [-0.1, -0.05) is 96.6 Å². The number of hydrogen-bond donors (Lipinski definition) is 0. The second-order valence-electron chi connectivity index (χ2n) is 12.9. The number of rotatable bonds is 23. The molecule has 0 unspecified atom stereocenters. The molecule has 0 spiro atoms. The van der Waals surface area contributed by atoms with Gasteiger partial charge < -0.3 is 19.1 Å². The van der Waals surface area contributed by atoms with Gasteiger partial charge in [-0.2, -0.15) is 0 Å². The molecule has 0 heterocycles. The van der Waals surface area contributed by atoms with Crippen molar-refractivity contribution in [3.8, 4) is 28.4 Å². The van der Waals surface area contributed by atoms with E-state index in [0.29, 0.717) is 23.5 Å². The van der Waals surface area contributed by atoms with Crippen LogP contribution in [0.2, 0.25) is 0 Å². The number of esters is 1. The van der Waals surface area contributed by atoms with Crippen LogP contribution in [-0.2, 0) is 0 Å². The molecule has 8 heteroatoms. The maximum absolute atomic E-state index is 12.9. The first kappa shape index (κ1) is 38.4. The van der Waals surface area contributed by atoms with Crippen molar-refractivity contribution >= 4 is 17.3 Å². The van der Waals surface area contributed by atoms with Crippen LogP contribution in [-0.4, -0.2) is 37.7 Å². The van der Waals surface area contributed by atoms with Crippen LogP contribution in [0.15, 0.2) is 60.7 Å². The second kappa shape index (κ2) is 21.0. The van der Waals surface area contributed by atoms with Crippen molar-refractivity contribution in [2.24, 2.45) is 0 Å². The highest BCUT2D eigenvalue weighted by Crippen LogP contribution is 2.40. The molecular weight excluding hydrogens is 604 g/mol. The summed E-state index contributed by atoms with van der Waals surface area (Å²) in [6.45, 7) is 7.05. The van der Waals surface area contributed by atoms with E-state index in [1.54, 1.807) is 48.5 Å². The molecular formula is C40H56N2O6. The number of carbonyl (C=O) groups excluding carboxylic acids is 1. The Hall–Kier alpha value is -4.07. The summed E-state index contributed by atoms with van der Waals surface area (Å²) in [7, 11) is 3.78. The number of unbranched alkanes of at least 4 members (excludes halogenated alkanes) is 11. The number of benzene rings is 3. The Bertz CT molecular complexity index is 1390. The lowest BCUT2D eigenvalue weighted by molar-refractivity contribution is -0.386. The van der Waals surface area contributed by atoms with Gasteiger partial charge in [0.05, 0.1) is 23.2 Å². The Morgan fingerprint density at radius 2 is 1.33 bits per heavy atom. The number of nitro groups is 1. The van der Waals surface area contributed by atoms with Gasteiger partial charge in [-0.3, -0.25) is 10.1 Å². The highest BCUT2D eigenvalue weighted by Gasteiger charge is 2.23. The summed E-state index contributed by atoms with van der Waals surface area (Å²) in [4.78, 5) is 26.5. The molecule has 0 saturated carbocycles. The SMILES string of the molecule is CCCCCCCCCCCOc1ccc(OC(=O)c2ccc(-c3cc([N+](=O)[O-])c(O[C@H](C)CCCCCC)cc3N(C)C)cc2)cc1. The van der Waals surface area contributed by atoms with E-state index in [1.807, 2.05) is 38.1 Å².